The second-order valence-corrected chi connectivity index (χ2v) is 5.12. The van der Waals surface area contributed by atoms with E-state index < -0.39 is 0 Å². The van der Waals surface area contributed by atoms with E-state index in [-0.39, 0.29) is 12.2 Å². The van der Waals surface area contributed by atoms with Gasteiger partial charge in [0, 0.05) is 13.1 Å². The van der Waals surface area contributed by atoms with E-state index in [1.165, 1.54) is 6.33 Å². The summed E-state index contributed by atoms with van der Waals surface area (Å²) >= 11 is 9.37. The van der Waals surface area contributed by atoms with E-state index >= 15 is 0 Å². The van der Waals surface area contributed by atoms with Crippen LogP contribution in [0.2, 0.25) is 5.15 Å². The van der Waals surface area contributed by atoms with Crippen LogP contribution in [0, 0.1) is 0 Å². The van der Waals surface area contributed by atoms with Gasteiger partial charge in [-0.1, -0.05) is 11.6 Å². The lowest BCUT2D eigenvalue weighted by Crippen LogP contribution is -2.46. The molecule has 2 heterocycles. The van der Waals surface area contributed by atoms with Crippen molar-refractivity contribution >= 4 is 33.3 Å². The van der Waals surface area contributed by atoms with Crippen molar-refractivity contribution in [2.75, 3.05) is 18.0 Å². The number of nitrogens with zero attached hydrogens (tertiary/aromatic N) is 3. The normalized spacial score (nSPS) is 25.9. The van der Waals surface area contributed by atoms with E-state index in [9.17, 15) is 0 Å². The summed E-state index contributed by atoms with van der Waals surface area (Å²) in [6, 6.07) is 0. The van der Waals surface area contributed by atoms with Crippen LogP contribution in [0.4, 0.5) is 5.82 Å². The molecule has 2 rings (SSSR count). The van der Waals surface area contributed by atoms with Gasteiger partial charge in [0.05, 0.1) is 16.7 Å². The van der Waals surface area contributed by atoms with E-state index in [2.05, 4.69) is 44.6 Å². The van der Waals surface area contributed by atoms with Crippen LogP contribution in [-0.2, 0) is 4.74 Å². The zero-order valence-corrected chi connectivity index (χ0v) is 11.5. The highest BCUT2D eigenvalue weighted by atomic mass is 79.9. The van der Waals surface area contributed by atoms with Crippen molar-refractivity contribution in [2.45, 2.75) is 26.1 Å². The fourth-order valence-electron chi connectivity index (χ4n) is 1.91. The highest BCUT2D eigenvalue weighted by Gasteiger charge is 2.25. The van der Waals surface area contributed by atoms with Gasteiger partial charge >= 0.3 is 0 Å². The maximum atomic E-state index is 5.95. The predicted octanol–water partition coefficient (Wildman–Crippen LogP) is 2.51. The van der Waals surface area contributed by atoms with Crippen molar-refractivity contribution in [3.8, 4) is 0 Å². The molecule has 1 aliphatic heterocycles. The summed E-state index contributed by atoms with van der Waals surface area (Å²) in [6.45, 7) is 5.74. The number of hydrogen-bond donors (Lipinski definition) is 0. The molecule has 2 unspecified atom stereocenters. The van der Waals surface area contributed by atoms with Crippen LogP contribution in [0.25, 0.3) is 0 Å². The number of hydrogen-bond acceptors (Lipinski definition) is 4. The summed E-state index contributed by atoms with van der Waals surface area (Å²) in [5, 5.41) is 0.441. The summed E-state index contributed by atoms with van der Waals surface area (Å²) in [5.74, 6) is 0.835. The molecule has 0 saturated carbocycles. The van der Waals surface area contributed by atoms with Gasteiger partial charge in [0.15, 0.2) is 0 Å². The van der Waals surface area contributed by atoms with Gasteiger partial charge in [-0.2, -0.15) is 0 Å². The van der Waals surface area contributed by atoms with Crippen LogP contribution in [-0.4, -0.2) is 35.3 Å². The van der Waals surface area contributed by atoms with Crippen LogP contribution in [0.15, 0.2) is 10.8 Å². The summed E-state index contributed by atoms with van der Waals surface area (Å²) in [7, 11) is 0. The molecular formula is C10H13BrClN3O. The lowest BCUT2D eigenvalue weighted by molar-refractivity contribution is -0.00550. The van der Waals surface area contributed by atoms with Gasteiger partial charge < -0.3 is 9.64 Å². The second-order valence-electron chi connectivity index (χ2n) is 3.96. The zero-order chi connectivity index (χ0) is 11.7. The Morgan fingerprint density at radius 1 is 1.38 bits per heavy atom. The number of rotatable bonds is 1. The molecule has 16 heavy (non-hydrogen) atoms. The Bertz CT molecular complexity index is 380. The lowest BCUT2D eigenvalue weighted by Gasteiger charge is -2.36. The van der Waals surface area contributed by atoms with E-state index in [1.54, 1.807) is 0 Å². The molecule has 0 amide bonds. The van der Waals surface area contributed by atoms with Gasteiger partial charge in [-0.15, -0.1) is 0 Å². The quantitative estimate of drug-likeness (QED) is 0.747. The Kier molecular flexibility index (Phi) is 3.66. The van der Waals surface area contributed by atoms with Crippen LogP contribution in [0.1, 0.15) is 13.8 Å². The van der Waals surface area contributed by atoms with Gasteiger partial charge in [0.25, 0.3) is 0 Å². The Morgan fingerprint density at radius 3 is 2.62 bits per heavy atom. The molecule has 0 aromatic carbocycles. The summed E-state index contributed by atoms with van der Waals surface area (Å²) in [6.07, 6.45) is 1.88. The number of aromatic nitrogens is 2. The second kappa shape index (κ2) is 4.85. The topological polar surface area (TPSA) is 38.2 Å². The SMILES string of the molecule is CC1CN(c2ncnc(Cl)c2Br)CC(C)O1. The number of morpholine rings is 1. The van der Waals surface area contributed by atoms with Gasteiger partial charge in [0.1, 0.15) is 17.3 Å². The molecule has 0 spiro atoms. The third-order valence-corrected chi connectivity index (χ3v) is 3.69. The van der Waals surface area contributed by atoms with E-state index in [0.717, 1.165) is 23.4 Å². The van der Waals surface area contributed by atoms with Crippen molar-refractivity contribution < 1.29 is 4.74 Å². The first kappa shape index (κ1) is 12.1. The highest BCUT2D eigenvalue weighted by Crippen LogP contribution is 2.30. The van der Waals surface area contributed by atoms with E-state index in [0.29, 0.717) is 5.15 Å². The Labute approximate surface area is 108 Å². The molecule has 0 radical (unpaired) electrons. The summed E-state index contributed by atoms with van der Waals surface area (Å²) in [5.41, 5.74) is 0. The third kappa shape index (κ3) is 2.47. The molecule has 2 atom stereocenters. The lowest BCUT2D eigenvalue weighted by atomic mass is 10.2. The van der Waals surface area contributed by atoms with Crippen LogP contribution in [0.5, 0.6) is 0 Å². The molecule has 0 aliphatic carbocycles. The zero-order valence-electron chi connectivity index (χ0n) is 9.15. The van der Waals surface area contributed by atoms with E-state index in [1.807, 2.05) is 0 Å². The van der Waals surface area contributed by atoms with Crippen molar-refractivity contribution in [1.82, 2.24) is 9.97 Å². The molecule has 1 saturated heterocycles. The molecule has 88 valence electrons. The third-order valence-electron chi connectivity index (χ3n) is 2.45. The Hall–Kier alpha value is -0.390. The Morgan fingerprint density at radius 2 is 2.00 bits per heavy atom. The molecule has 1 aliphatic rings. The minimum absolute atomic E-state index is 0.199. The minimum atomic E-state index is 0.199. The summed E-state index contributed by atoms with van der Waals surface area (Å²) in [4.78, 5) is 10.3. The summed E-state index contributed by atoms with van der Waals surface area (Å²) < 4.78 is 6.42. The minimum Gasteiger partial charge on any atom is -0.372 e. The van der Waals surface area contributed by atoms with Crippen molar-refractivity contribution in [3.63, 3.8) is 0 Å². The van der Waals surface area contributed by atoms with Crippen LogP contribution in [0.3, 0.4) is 0 Å². The fraction of sp³-hybridized carbons (Fsp3) is 0.600. The first-order valence-corrected chi connectivity index (χ1v) is 6.31. The average Bonchev–Trinajstić information content (AvgIpc) is 2.20. The van der Waals surface area contributed by atoms with Crippen LogP contribution >= 0.6 is 27.5 Å². The Balaban J connectivity index is 2.26. The monoisotopic (exact) mass is 305 g/mol. The molecule has 0 bridgehead atoms. The van der Waals surface area contributed by atoms with Crippen molar-refractivity contribution in [2.24, 2.45) is 0 Å². The smallest absolute Gasteiger partial charge is 0.148 e. The number of halogens is 2. The molecule has 4 nitrogen and oxygen atoms in total. The average molecular weight is 307 g/mol. The highest BCUT2D eigenvalue weighted by molar-refractivity contribution is 9.10. The first-order chi connectivity index (χ1) is 7.58. The van der Waals surface area contributed by atoms with Gasteiger partial charge in [-0.3, -0.25) is 0 Å². The molecule has 6 heteroatoms. The predicted molar refractivity (Wildman–Crippen MR) is 67.0 cm³/mol. The molecular weight excluding hydrogens is 293 g/mol. The van der Waals surface area contributed by atoms with Crippen LogP contribution < -0.4 is 4.90 Å². The standard InChI is InChI=1S/C10H13BrClN3O/c1-6-3-15(4-7(2)16-6)10-8(11)9(12)13-5-14-10/h5-7H,3-4H2,1-2H3. The number of ether oxygens (including phenoxy) is 1. The van der Waals surface area contributed by atoms with Crippen molar-refractivity contribution in [3.05, 3.63) is 16.0 Å². The van der Waals surface area contributed by atoms with E-state index in [4.69, 9.17) is 16.3 Å². The van der Waals surface area contributed by atoms with Gasteiger partial charge in [-0.05, 0) is 29.8 Å². The maximum absolute atomic E-state index is 5.95. The fourth-order valence-corrected chi connectivity index (χ4v) is 2.49. The van der Waals surface area contributed by atoms with Crippen molar-refractivity contribution in [1.29, 1.82) is 0 Å². The van der Waals surface area contributed by atoms with Gasteiger partial charge in [0.2, 0.25) is 0 Å². The molecule has 1 fully saturated rings. The first-order valence-electron chi connectivity index (χ1n) is 5.14. The largest absolute Gasteiger partial charge is 0.372 e. The van der Waals surface area contributed by atoms with Gasteiger partial charge in [-0.25, -0.2) is 9.97 Å². The maximum Gasteiger partial charge on any atom is 0.148 e. The molecule has 1 aromatic heterocycles. The molecule has 0 N–H and O–H groups in total. The molecule has 1 aromatic rings. The number of anilines is 1.